The smallest absolute Gasteiger partial charge is 0.271 e. The number of nitro benzene ring substituents is 1. The van der Waals surface area contributed by atoms with E-state index >= 15 is 0 Å². The van der Waals surface area contributed by atoms with Crippen LogP contribution in [0.15, 0.2) is 48.5 Å². The maximum absolute atomic E-state index is 12.7. The minimum Gasteiger partial charge on any atom is -0.497 e. The average Bonchev–Trinajstić information content (AvgIpc) is 3.09. The number of benzene rings is 2. The quantitative estimate of drug-likeness (QED) is 0.485. The van der Waals surface area contributed by atoms with Crippen molar-refractivity contribution in [3.8, 4) is 5.75 Å². The Hall–Kier alpha value is -3.46. The number of nitro groups is 1. The molecule has 1 fully saturated rings. The van der Waals surface area contributed by atoms with Gasteiger partial charge >= 0.3 is 0 Å². The molecule has 2 amide bonds. The molecule has 1 unspecified atom stereocenters. The standard InChI is InChI=1S/C24H30N4O5/c1-18(24(30)25-20-5-3-6-21(17-20)28(31)32)26-13-4-14-27(16-15-26)23(29)12-9-19-7-10-22(33-2)11-8-19/h3,5-8,10-11,17-18H,4,9,12-16H2,1-2H3,(H,25,30). The number of hydrogen-bond donors (Lipinski definition) is 1. The van der Waals surface area contributed by atoms with Gasteiger partial charge in [0.25, 0.3) is 5.69 Å². The van der Waals surface area contributed by atoms with E-state index in [0.717, 1.165) is 17.7 Å². The Bertz CT molecular complexity index is 979. The minimum atomic E-state index is -0.492. The van der Waals surface area contributed by atoms with Gasteiger partial charge in [-0.25, -0.2) is 0 Å². The lowest BCUT2D eigenvalue weighted by Gasteiger charge is -2.27. The monoisotopic (exact) mass is 454 g/mol. The number of amides is 2. The fourth-order valence-electron chi connectivity index (χ4n) is 3.89. The molecule has 33 heavy (non-hydrogen) atoms. The van der Waals surface area contributed by atoms with Crippen LogP contribution in [0.25, 0.3) is 0 Å². The van der Waals surface area contributed by atoms with Crippen molar-refractivity contribution in [3.05, 3.63) is 64.2 Å². The highest BCUT2D eigenvalue weighted by molar-refractivity contribution is 5.94. The van der Waals surface area contributed by atoms with Gasteiger partial charge in [-0.2, -0.15) is 0 Å². The van der Waals surface area contributed by atoms with Gasteiger partial charge in [0.1, 0.15) is 5.75 Å². The molecule has 2 aromatic rings. The second-order valence-corrected chi connectivity index (χ2v) is 8.09. The highest BCUT2D eigenvalue weighted by Crippen LogP contribution is 2.18. The predicted octanol–water partition coefficient (Wildman–Crippen LogP) is 3.10. The normalized spacial score (nSPS) is 15.4. The van der Waals surface area contributed by atoms with Gasteiger partial charge in [0.15, 0.2) is 0 Å². The molecule has 0 saturated carbocycles. The second-order valence-electron chi connectivity index (χ2n) is 8.09. The summed E-state index contributed by atoms with van der Waals surface area (Å²) in [6, 6.07) is 13.2. The van der Waals surface area contributed by atoms with E-state index in [1.54, 1.807) is 19.2 Å². The summed E-state index contributed by atoms with van der Waals surface area (Å²) in [5, 5.41) is 13.7. The van der Waals surface area contributed by atoms with Crippen LogP contribution in [0.5, 0.6) is 5.75 Å². The van der Waals surface area contributed by atoms with Crippen LogP contribution in [-0.2, 0) is 16.0 Å². The van der Waals surface area contributed by atoms with Gasteiger partial charge in [0, 0.05) is 50.4 Å². The van der Waals surface area contributed by atoms with Gasteiger partial charge in [-0.15, -0.1) is 0 Å². The third kappa shape index (κ3) is 6.76. The summed E-state index contributed by atoms with van der Waals surface area (Å²) in [6.45, 7) is 4.34. The average molecular weight is 455 g/mol. The van der Waals surface area contributed by atoms with E-state index in [-0.39, 0.29) is 17.5 Å². The van der Waals surface area contributed by atoms with Crippen molar-refractivity contribution >= 4 is 23.2 Å². The van der Waals surface area contributed by atoms with E-state index < -0.39 is 11.0 Å². The zero-order chi connectivity index (χ0) is 23.8. The van der Waals surface area contributed by atoms with Gasteiger partial charge in [0.05, 0.1) is 18.1 Å². The molecule has 0 radical (unpaired) electrons. The molecule has 9 nitrogen and oxygen atoms in total. The molecule has 1 aliphatic rings. The topological polar surface area (TPSA) is 105 Å². The van der Waals surface area contributed by atoms with Crippen LogP contribution in [0.3, 0.4) is 0 Å². The number of methoxy groups -OCH3 is 1. The number of ether oxygens (including phenoxy) is 1. The van der Waals surface area contributed by atoms with E-state index in [1.165, 1.54) is 12.1 Å². The lowest BCUT2D eigenvalue weighted by atomic mass is 10.1. The van der Waals surface area contributed by atoms with Crippen molar-refractivity contribution in [2.45, 2.75) is 32.2 Å². The summed E-state index contributed by atoms with van der Waals surface area (Å²) >= 11 is 0. The summed E-state index contributed by atoms with van der Waals surface area (Å²) in [6.07, 6.45) is 1.89. The van der Waals surface area contributed by atoms with Gasteiger partial charge in [0.2, 0.25) is 11.8 Å². The van der Waals surface area contributed by atoms with E-state index in [9.17, 15) is 19.7 Å². The number of non-ortho nitro benzene ring substituents is 1. The molecule has 1 N–H and O–H groups in total. The Labute approximate surface area is 193 Å². The van der Waals surface area contributed by atoms with Crippen molar-refractivity contribution in [2.24, 2.45) is 0 Å². The number of nitrogens with one attached hydrogen (secondary N) is 1. The number of hydrogen-bond acceptors (Lipinski definition) is 6. The third-order valence-electron chi connectivity index (χ3n) is 5.92. The molecule has 1 heterocycles. The molecule has 0 aliphatic carbocycles. The highest BCUT2D eigenvalue weighted by Gasteiger charge is 2.26. The first kappa shape index (κ1) is 24.2. The molecule has 2 aromatic carbocycles. The number of anilines is 1. The van der Waals surface area contributed by atoms with Crippen LogP contribution < -0.4 is 10.1 Å². The fraction of sp³-hybridized carbons (Fsp3) is 0.417. The van der Waals surface area contributed by atoms with Crippen molar-refractivity contribution in [2.75, 3.05) is 38.6 Å². The first-order chi connectivity index (χ1) is 15.9. The van der Waals surface area contributed by atoms with Gasteiger partial charge in [-0.05, 0) is 43.5 Å². The Kier molecular flexibility index (Phi) is 8.37. The van der Waals surface area contributed by atoms with Crippen molar-refractivity contribution < 1.29 is 19.2 Å². The first-order valence-electron chi connectivity index (χ1n) is 11.1. The number of carbonyl (C=O) groups is 2. The summed E-state index contributed by atoms with van der Waals surface area (Å²) < 4.78 is 5.16. The van der Waals surface area contributed by atoms with Gasteiger partial charge in [-0.1, -0.05) is 18.2 Å². The van der Waals surface area contributed by atoms with Crippen molar-refractivity contribution in [3.63, 3.8) is 0 Å². The van der Waals surface area contributed by atoms with Crippen LogP contribution in [0.1, 0.15) is 25.3 Å². The Morgan fingerprint density at radius 3 is 2.58 bits per heavy atom. The van der Waals surface area contributed by atoms with E-state index in [2.05, 4.69) is 5.32 Å². The van der Waals surface area contributed by atoms with Gasteiger partial charge < -0.3 is 15.0 Å². The second kappa shape index (κ2) is 11.4. The minimum absolute atomic E-state index is 0.0704. The lowest BCUT2D eigenvalue weighted by molar-refractivity contribution is -0.384. The molecule has 1 aliphatic heterocycles. The number of carbonyl (C=O) groups excluding carboxylic acids is 2. The molecular formula is C24H30N4O5. The maximum atomic E-state index is 12.7. The van der Waals surface area contributed by atoms with Crippen molar-refractivity contribution in [1.29, 1.82) is 0 Å². The van der Waals surface area contributed by atoms with Crippen LogP contribution in [-0.4, -0.2) is 65.9 Å². The fourth-order valence-corrected chi connectivity index (χ4v) is 3.89. The van der Waals surface area contributed by atoms with Crippen LogP contribution >= 0.6 is 0 Å². The molecule has 176 valence electrons. The first-order valence-corrected chi connectivity index (χ1v) is 11.1. The van der Waals surface area contributed by atoms with E-state index in [4.69, 9.17) is 4.74 Å². The van der Waals surface area contributed by atoms with Crippen LogP contribution in [0.2, 0.25) is 0 Å². The molecule has 1 atom stereocenters. The molecular weight excluding hydrogens is 424 g/mol. The SMILES string of the molecule is COc1ccc(CCC(=O)N2CCCN(C(C)C(=O)Nc3cccc([N+](=O)[O-])c3)CC2)cc1. The predicted molar refractivity (Wildman–Crippen MR) is 125 cm³/mol. The summed E-state index contributed by atoms with van der Waals surface area (Å²) in [5.41, 5.74) is 1.41. The Morgan fingerprint density at radius 1 is 1.12 bits per heavy atom. The number of nitrogens with zero attached hydrogens (tertiary/aromatic N) is 3. The van der Waals surface area contributed by atoms with Crippen LogP contribution in [0, 0.1) is 10.1 Å². The molecule has 0 aromatic heterocycles. The summed E-state index contributed by atoms with van der Waals surface area (Å²) in [5.74, 6) is 0.678. The molecule has 3 rings (SSSR count). The number of rotatable bonds is 8. The van der Waals surface area contributed by atoms with Gasteiger partial charge in [-0.3, -0.25) is 24.6 Å². The number of aryl methyl sites for hydroxylation is 1. The zero-order valence-corrected chi connectivity index (χ0v) is 19.0. The summed E-state index contributed by atoms with van der Waals surface area (Å²) in [4.78, 5) is 39.8. The Morgan fingerprint density at radius 2 is 1.88 bits per heavy atom. The molecule has 1 saturated heterocycles. The Balaban J connectivity index is 1.49. The zero-order valence-electron chi connectivity index (χ0n) is 19.0. The molecule has 9 heteroatoms. The maximum Gasteiger partial charge on any atom is 0.271 e. The third-order valence-corrected chi connectivity index (χ3v) is 5.92. The lowest BCUT2D eigenvalue weighted by Crippen LogP contribution is -2.44. The van der Waals surface area contributed by atoms with Crippen LogP contribution in [0.4, 0.5) is 11.4 Å². The van der Waals surface area contributed by atoms with Crippen molar-refractivity contribution in [1.82, 2.24) is 9.80 Å². The van der Waals surface area contributed by atoms with E-state index in [0.29, 0.717) is 44.7 Å². The molecule has 0 spiro atoms. The highest BCUT2D eigenvalue weighted by atomic mass is 16.6. The molecule has 0 bridgehead atoms. The largest absolute Gasteiger partial charge is 0.497 e. The van der Waals surface area contributed by atoms with E-state index in [1.807, 2.05) is 41.0 Å². The summed E-state index contributed by atoms with van der Waals surface area (Å²) in [7, 11) is 1.62.